The van der Waals surface area contributed by atoms with Crippen molar-refractivity contribution in [2.24, 2.45) is 0 Å². The van der Waals surface area contributed by atoms with E-state index in [2.05, 4.69) is 28.8 Å². The average Bonchev–Trinajstić information content (AvgIpc) is 2.80. The molecule has 0 aliphatic heterocycles. The van der Waals surface area contributed by atoms with Gasteiger partial charge in [0.1, 0.15) is 5.75 Å². The van der Waals surface area contributed by atoms with Gasteiger partial charge in [-0.1, -0.05) is 48.5 Å². The van der Waals surface area contributed by atoms with Gasteiger partial charge in [0.25, 0.3) is 0 Å². The Labute approximate surface area is 192 Å². The topological polar surface area (TPSA) is 72.9 Å². The summed E-state index contributed by atoms with van der Waals surface area (Å²) in [5.41, 5.74) is 6.69. The molecule has 0 bridgehead atoms. The molecular weight excluding hydrogens is 420 g/mol. The molecule has 4 aromatic rings. The van der Waals surface area contributed by atoms with Crippen molar-refractivity contribution in [1.29, 1.82) is 0 Å². The minimum atomic E-state index is 0.473. The van der Waals surface area contributed by atoms with Crippen molar-refractivity contribution in [3.63, 3.8) is 0 Å². The molecule has 1 heterocycles. The van der Waals surface area contributed by atoms with Crippen LogP contribution in [0.2, 0.25) is 0 Å². The molecule has 6 nitrogen and oxygen atoms in total. The molecule has 0 amide bonds. The molecule has 0 atom stereocenters. The van der Waals surface area contributed by atoms with Gasteiger partial charge in [0.05, 0.1) is 12.8 Å². The van der Waals surface area contributed by atoms with Crippen LogP contribution in [0, 0.1) is 13.8 Å². The molecule has 0 aliphatic rings. The first-order valence-corrected chi connectivity index (χ1v) is 11.0. The van der Waals surface area contributed by atoms with Crippen molar-refractivity contribution >= 4 is 23.6 Å². The first-order chi connectivity index (χ1) is 15.6. The number of para-hydroxylation sites is 1. The number of rotatable bonds is 8. The molecule has 162 valence electrons. The van der Waals surface area contributed by atoms with E-state index in [1.54, 1.807) is 12.6 Å². The second kappa shape index (κ2) is 10.3. The number of hydrogen-bond acceptors (Lipinski definition) is 6. The van der Waals surface area contributed by atoms with E-state index in [0.29, 0.717) is 11.8 Å². The summed E-state index contributed by atoms with van der Waals surface area (Å²) in [7, 11) is 1.64. The molecule has 3 aromatic carbocycles. The Morgan fingerprint density at radius 2 is 1.62 bits per heavy atom. The molecule has 0 unspecified atom stereocenters. The first-order valence-electron chi connectivity index (χ1n) is 10.2. The SMILES string of the molecule is CO[NH2+]c1cccc(SNc2nc(Oc3ccccc3C)cc(-c3ccccc3C)n2)c1. The fraction of sp³-hybridized carbons (Fsp3) is 0.120. The summed E-state index contributed by atoms with van der Waals surface area (Å²) in [6, 6.07) is 25.9. The van der Waals surface area contributed by atoms with E-state index in [1.807, 2.05) is 73.7 Å². The summed E-state index contributed by atoms with van der Waals surface area (Å²) in [5, 5.41) is 0. The number of nitrogens with zero attached hydrogens (tertiary/aromatic N) is 2. The van der Waals surface area contributed by atoms with Gasteiger partial charge in [0.2, 0.25) is 11.8 Å². The van der Waals surface area contributed by atoms with Gasteiger partial charge in [-0.15, -0.1) is 0 Å². The third-order valence-electron chi connectivity index (χ3n) is 4.80. The maximum Gasteiger partial charge on any atom is 0.237 e. The Balaban J connectivity index is 1.65. The van der Waals surface area contributed by atoms with Crippen molar-refractivity contribution in [2.45, 2.75) is 18.7 Å². The number of nitrogens with one attached hydrogen (secondary N) is 1. The standard InChI is InChI=1S/C25H24N4O2S/c1-17-9-4-6-13-21(17)22-16-24(31-23-14-7-5-10-18(23)2)27-25(26-22)29-32-20-12-8-11-19(15-20)28-30-3/h4-16,28H,1-3H3,(H,26,27,29)/p+1. The Morgan fingerprint density at radius 1 is 0.844 bits per heavy atom. The highest BCUT2D eigenvalue weighted by Crippen LogP contribution is 2.30. The lowest BCUT2D eigenvalue weighted by atomic mass is 10.1. The maximum absolute atomic E-state index is 6.13. The second-order valence-electron chi connectivity index (χ2n) is 7.23. The summed E-state index contributed by atoms with van der Waals surface area (Å²) in [4.78, 5) is 15.5. The van der Waals surface area contributed by atoms with Crippen LogP contribution in [-0.2, 0) is 4.84 Å². The lowest BCUT2D eigenvalue weighted by Crippen LogP contribution is -2.75. The van der Waals surface area contributed by atoms with Crippen molar-refractivity contribution in [1.82, 2.24) is 9.97 Å². The highest BCUT2D eigenvalue weighted by atomic mass is 32.2. The summed E-state index contributed by atoms with van der Waals surface area (Å²) in [6.45, 7) is 4.08. The van der Waals surface area contributed by atoms with Crippen LogP contribution in [0.5, 0.6) is 11.6 Å². The highest BCUT2D eigenvalue weighted by Gasteiger charge is 2.12. The van der Waals surface area contributed by atoms with Gasteiger partial charge in [-0.3, -0.25) is 4.72 Å². The van der Waals surface area contributed by atoms with E-state index in [1.165, 1.54) is 11.9 Å². The van der Waals surface area contributed by atoms with E-state index in [0.717, 1.165) is 38.7 Å². The predicted molar refractivity (Wildman–Crippen MR) is 128 cm³/mol. The van der Waals surface area contributed by atoms with Crippen molar-refractivity contribution in [3.8, 4) is 22.9 Å². The van der Waals surface area contributed by atoms with Gasteiger partial charge in [0, 0.05) is 28.7 Å². The summed E-state index contributed by atoms with van der Waals surface area (Å²) in [5.74, 6) is 1.72. The van der Waals surface area contributed by atoms with E-state index < -0.39 is 0 Å². The van der Waals surface area contributed by atoms with Gasteiger partial charge in [-0.2, -0.15) is 10.5 Å². The number of benzene rings is 3. The van der Waals surface area contributed by atoms with Crippen molar-refractivity contribution in [2.75, 3.05) is 11.8 Å². The Hall–Kier alpha value is -3.39. The van der Waals surface area contributed by atoms with Crippen LogP contribution >= 0.6 is 11.9 Å². The summed E-state index contributed by atoms with van der Waals surface area (Å²) < 4.78 is 9.39. The van der Waals surface area contributed by atoms with Gasteiger partial charge in [-0.25, -0.2) is 9.82 Å². The minimum absolute atomic E-state index is 0.473. The Morgan fingerprint density at radius 3 is 2.41 bits per heavy atom. The summed E-state index contributed by atoms with van der Waals surface area (Å²) >= 11 is 1.43. The molecule has 1 aromatic heterocycles. The van der Waals surface area contributed by atoms with Crippen LogP contribution in [0.3, 0.4) is 0 Å². The molecule has 4 rings (SSSR count). The van der Waals surface area contributed by atoms with Crippen LogP contribution in [0.1, 0.15) is 11.1 Å². The van der Waals surface area contributed by atoms with Crippen LogP contribution in [-0.4, -0.2) is 17.1 Å². The average molecular weight is 446 g/mol. The second-order valence-corrected chi connectivity index (χ2v) is 8.11. The van der Waals surface area contributed by atoms with E-state index in [4.69, 9.17) is 14.6 Å². The molecule has 0 spiro atoms. The zero-order chi connectivity index (χ0) is 22.3. The summed E-state index contributed by atoms with van der Waals surface area (Å²) in [6.07, 6.45) is 0. The molecule has 0 saturated carbocycles. The molecular formula is C25H25N4O2S+. The number of ether oxygens (including phenoxy) is 1. The number of hydrogen-bond donors (Lipinski definition) is 2. The third kappa shape index (κ3) is 5.45. The van der Waals surface area contributed by atoms with Gasteiger partial charge >= 0.3 is 0 Å². The molecule has 0 fully saturated rings. The number of aromatic nitrogens is 2. The molecule has 7 heteroatoms. The fourth-order valence-corrected chi connectivity index (χ4v) is 3.84. The number of anilines is 1. The molecule has 32 heavy (non-hydrogen) atoms. The van der Waals surface area contributed by atoms with Crippen LogP contribution in [0.15, 0.2) is 83.8 Å². The number of aryl methyl sites for hydroxylation is 2. The molecule has 0 saturated heterocycles. The zero-order valence-electron chi connectivity index (χ0n) is 18.2. The van der Waals surface area contributed by atoms with Crippen molar-refractivity contribution in [3.05, 3.63) is 90.0 Å². The third-order valence-corrected chi connectivity index (χ3v) is 5.58. The minimum Gasteiger partial charge on any atom is -0.439 e. The Bertz CT molecular complexity index is 1220. The van der Waals surface area contributed by atoms with Crippen LogP contribution in [0.4, 0.5) is 11.6 Å². The van der Waals surface area contributed by atoms with Crippen molar-refractivity contribution < 1.29 is 15.1 Å². The fourth-order valence-electron chi connectivity index (χ4n) is 3.20. The largest absolute Gasteiger partial charge is 0.439 e. The van der Waals surface area contributed by atoms with E-state index in [-0.39, 0.29) is 0 Å². The lowest BCUT2D eigenvalue weighted by Gasteiger charge is -2.12. The van der Waals surface area contributed by atoms with E-state index >= 15 is 0 Å². The van der Waals surface area contributed by atoms with Crippen LogP contribution < -0.4 is 14.9 Å². The number of nitrogens with two attached hydrogens (primary N) is 1. The Kier molecular flexibility index (Phi) is 7.01. The van der Waals surface area contributed by atoms with Crippen LogP contribution in [0.25, 0.3) is 11.3 Å². The van der Waals surface area contributed by atoms with Gasteiger partial charge in [-0.05, 0) is 49.1 Å². The lowest BCUT2D eigenvalue weighted by molar-refractivity contribution is -0.830. The zero-order valence-corrected chi connectivity index (χ0v) is 19.0. The molecule has 0 aliphatic carbocycles. The quantitative estimate of drug-likeness (QED) is 0.214. The van der Waals surface area contributed by atoms with Gasteiger partial charge in [0.15, 0.2) is 5.69 Å². The maximum atomic E-state index is 6.13. The highest BCUT2D eigenvalue weighted by molar-refractivity contribution is 8.00. The van der Waals surface area contributed by atoms with E-state index in [9.17, 15) is 0 Å². The smallest absolute Gasteiger partial charge is 0.237 e. The predicted octanol–water partition coefficient (Wildman–Crippen LogP) is 5.43. The molecule has 0 radical (unpaired) electrons. The first kappa shape index (κ1) is 21.8. The van der Waals surface area contributed by atoms with Gasteiger partial charge < -0.3 is 4.74 Å². The number of quaternary nitrogens is 1. The normalized spacial score (nSPS) is 10.7. The molecule has 3 N–H and O–H groups in total. The monoisotopic (exact) mass is 445 g/mol.